The lowest BCUT2D eigenvalue weighted by molar-refractivity contribution is -0.141. The number of methoxy groups -OCH3 is 1. The largest absolute Gasteiger partial charge is 0.496 e. The van der Waals surface area contributed by atoms with Crippen LogP contribution in [0.3, 0.4) is 0 Å². The van der Waals surface area contributed by atoms with Gasteiger partial charge in [-0.15, -0.1) is 0 Å². The molecular formula is C27H31NO5S. The zero-order chi connectivity index (χ0) is 24.2. The van der Waals surface area contributed by atoms with E-state index in [9.17, 15) is 9.59 Å². The Morgan fingerprint density at radius 1 is 1.18 bits per heavy atom. The van der Waals surface area contributed by atoms with Crippen LogP contribution < -0.4 is 10.1 Å². The van der Waals surface area contributed by atoms with E-state index in [2.05, 4.69) is 5.32 Å². The van der Waals surface area contributed by atoms with E-state index in [1.165, 1.54) is 0 Å². The molecule has 34 heavy (non-hydrogen) atoms. The van der Waals surface area contributed by atoms with E-state index >= 15 is 0 Å². The van der Waals surface area contributed by atoms with Crippen LogP contribution in [0, 0.1) is 0 Å². The number of Topliss-reactive ketones (excluding diaryl/α,β-unsaturated/α-hetero) is 1. The fourth-order valence-electron chi connectivity index (χ4n) is 4.80. The molecule has 0 amide bonds. The van der Waals surface area contributed by atoms with Crippen molar-refractivity contribution in [2.45, 2.75) is 51.6 Å². The lowest BCUT2D eigenvalue weighted by Gasteiger charge is -2.36. The SMILES string of the molecule is COc1ccccc1[C@H]1CC(=O)C2=C(C1)NC(C)=C(C(=O)OCCOC(C)C)[C@H]2c1ccsc1. The van der Waals surface area contributed by atoms with Gasteiger partial charge in [-0.05, 0) is 61.2 Å². The molecule has 0 unspecified atom stereocenters. The van der Waals surface area contributed by atoms with Crippen LogP contribution in [0.4, 0.5) is 0 Å². The molecule has 0 spiro atoms. The van der Waals surface area contributed by atoms with Crippen molar-refractivity contribution in [3.63, 3.8) is 0 Å². The molecule has 7 heteroatoms. The highest BCUT2D eigenvalue weighted by molar-refractivity contribution is 7.08. The van der Waals surface area contributed by atoms with Crippen LogP contribution in [0.25, 0.3) is 0 Å². The van der Waals surface area contributed by atoms with Crippen LogP contribution >= 0.6 is 11.3 Å². The number of carbonyl (C=O) groups is 2. The molecule has 180 valence electrons. The Morgan fingerprint density at radius 3 is 2.68 bits per heavy atom. The van der Waals surface area contributed by atoms with E-state index in [-0.39, 0.29) is 24.4 Å². The predicted molar refractivity (Wildman–Crippen MR) is 132 cm³/mol. The molecule has 1 N–H and O–H groups in total. The Balaban J connectivity index is 1.65. The smallest absolute Gasteiger partial charge is 0.336 e. The van der Waals surface area contributed by atoms with Crippen LogP contribution in [-0.2, 0) is 19.1 Å². The molecule has 1 aromatic carbocycles. The van der Waals surface area contributed by atoms with Crippen LogP contribution in [0.5, 0.6) is 5.75 Å². The molecule has 0 radical (unpaired) electrons. The number of nitrogens with one attached hydrogen (secondary N) is 1. The Hall–Kier alpha value is -2.90. The molecule has 2 heterocycles. The highest BCUT2D eigenvalue weighted by Gasteiger charge is 2.41. The molecule has 0 saturated heterocycles. The van der Waals surface area contributed by atoms with Gasteiger partial charge in [-0.2, -0.15) is 11.3 Å². The van der Waals surface area contributed by atoms with Gasteiger partial charge in [-0.3, -0.25) is 4.79 Å². The number of thiophene rings is 1. The number of rotatable bonds is 8. The van der Waals surface area contributed by atoms with Crippen LogP contribution in [0.15, 0.2) is 63.6 Å². The third-order valence-electron chi connectivity index (χ3n) is 6.27. The molecule has 2 aliphatic rings. The van der Waals surface area contributed by atoms with E-state index in [4.69, 9.17) is 14.2 Å². The van der Waals surface area contributed by atoms with Gasteiger partial charge in [0.15, 0.2) is 5.78 Å². The number of hydrogen-bond donors (Lipinski definition) is 1. The Kier molecular flexibility index (Phi) is 7.54. The minimum Gasteiger partial charge on any atom is -0.496 e. The number of para-hydroxylation sites is 1. The first kappa shape index (κ1) is 24.2. The van der Waals surface area contributed by atoms with Gasteiger partial charge in [0, 0.05) is 35.2 Å². The predicted octanol–water partition coefficient (Wildman–Crippen LogP) is 5.09. The molecule has 1 aliphatic heterocycles. The first-order valence-corrected chi connectivity index (χ1v) is 12.5. The zero-order valence-electron chi connectivity index (χ0n) is 20.1. The number of ether oxygens (including phenoxy) is 3. The number of allylic oxidation sites excluding steroid dienone is 3. The first-order chi connectivity index (χ1) is 16.4. The maximum Gasteiger partial charge on any atom is 0.336 e. The average Bonchev–Trinajstić information content (AvgIpc) is 3.35. The summed E-state index contributed by atoms with van der Waals surface area (Å²) in [6, 6.07) is 9.82. The molecule has 1 aromatic heterocycles. The first-order valence-electron chi connectivity index (χ1n) is 11.6. The fourth-order valence-corrected chi connectivity index (χ4v) is 5.49. The van der Waals surface area contributed by atoms with Crippen molar-refractivity contribution in [2.24, 2.45) is 0 Å². The van der Waals surface area contributed by atoms with E-state index in [1.807, 2.05) is 61.9 Å². The second-order valence-electron chi connectivity index (χ2n) is 8.87. The van der Waals surface area contributed by atoms with Crippen molar-refractivity contribution in [3.05, 3.63) is 74.8 Å². The Morgan fingerprint density at radius 2 is 1.97 bits per heavy atom. The Labute approximate surface area is 204 Å². The summed E-state index contributed by atoms with van der Waals surface area (Å²) in [4.78, 5) is 26.8. The molecule has 6 nitrogen and oxygen atoms in total. The molecule has 1 aliphatic carbocycles. The molecule has 2 aromatic rings. The number of ketones is 1. The van der Waals surface area contributed by atoms with Gasteiger partial charge < -0.3 is 19.5 Å². The van der Waals surface area contributed by atoms with Crippen LogP contribution in [0.1, 0.15) is 56.6 Å². The lowest BCUT2D eigenvalue weighted by Crippen LogP contribution is -2.36. The topological polar surface area (TPSA) is 73.9 Å². The summed E-state index contributed by atoms with van der Waals surface area (Å²) in [5.41, 5.74) is 4.72. The van der Waals surface area contributed by atoms with Crippen molar-refractivity contribution in [1.82, 2.24) is 5.32 Å². The van der Waals surface area contributed by atoms with E-state index in [1.54, 1.807) is 18.4 Å². The minimum atomic E-state index is -0.438. The summed E-state index contributed by atoms with van der Waals surface area (Å²) in [5, 5.41) is 7.36. The third kappa shape index (κ3) is 4.95. The van der Waals surface area contributed by atoms with Gasteiger partial charge in [0.2, 0.25) is 0 Å². The average molecular weight is 482 g/mol. The van der Waals surface area contributed by atoms with Gasteiger partial charge in [-0.25, -0.2) is 4.79 Å². The summed E-state index contributed by atoms with van der Waals surface area (Å²) in [6.45, 7) is 6.25. The van der Waals surface area contributed by atoms with Crippen LogP contribution in [-0.4, -0.2) is 38.2 Å². The molecule has 0 saturated carbocycles. The maximum atomic E-state index is 13.6. The normalized spacial score (nSPS) is 20.3. The van der Waals surface area contributed by atoms with E-state index in [0.717, 1.165) is 28.3 Å². The van der Waals surface area contributed by atoms with E-state index < -0.39 is 11.9 Å². The molecule has 0 fully saturated rings. The van der Waals surface area contributed by atoms with Crippen molar-refractivity contribution >= 4 is 23.1 Å². The molecule has 4 rings (SSSR count). The fraction of sp³-hybridized carbons (Fsp3) is 0.407. The number of carbonyl (C=O) groups excluding carboxylic acids is 2. The summed E-state index contributed by atoms with van der Waals surface area (Å²) >= 11 is 1.55. The van der Waals surface area contributed by atoms with Crippen molar-refractivity contribution in [2.75, 3.05) is 20.3 Å². The molecular weight excluding hydrogens is 450 g/mol. The molecule has 2 atom stereocenters. The van der Waals surface area contributed by atoms with Crippen molar-refractivity contribution < 1.29 is 23.8 Å². The lowest BCUT2D eigenvalue weighted by atomic mass is 9.72. The van der Waals surface area contributed by atoms with Gasteiger partial charge in [0.25, 0.3) is 0 Å². The number of dihydropyridines is 1. The zero-order valence-corrected chi connectivity index (χ0v) is 20.9. The second-order valence-corrected chi connectivity index (χ2v) is 9.65. The van der Waals surface area contributed by atoms with Gasteiger partial charge in [0.1, 0.15) is 12.4 Å². The van der Waals surface area contributed by atoms with Gasteiger partial charge in [0.05, 0.1) is 25.4 Å². The standard InChI is InChI=1S/C27H31NO5S/c1-16(2)32-10-11-33-27(30)24-17(3)28-21-13-19(20-7-5-6-8-23(20)31-4)14-22(29)26(21)25(24)18-9-12-34-15-18/h5-9,12,15-16,19,25,28H,10-11,13-14H2,1-4H3/t19-,25-/m1/s1. The highest BCUT2D eigenvalue weighted by atomic mass is 32.1. The van der Waals surface area contributed by atoms with Crippen molar-refractivity contribution in [3.8, 4) is 5.75 Å². The second kappa shape index (κ2) is 10.6. The third-order valence-corrected chi connectivity index (χ3v) is 6.97. The maximum absolute atomic E-state index is 13.6. The van der Waals surface area contributed by atoms with E-state index in [0.29, 0.717) is 30.6 Å². The quantitative estimate of drug-likeness (QED) is 0.418. The highest BCUT2D eigenvalue weighted by Crippen LogP contribution is 2.47. The van der Waals surface area contributed by atoms with Crippen LogP contribution in [0.2, 0.25) is 0 Å². The Bertz CT molecular complexity index is 1120. The summed E-state index contributed by atoms with van der Waals surface area (Å²) in [7, 11) is 1.65. The number of esters is 1. The number of hydrogen-bond acceptors (Lipinski definition) is 7. The van der Waals surface area contributed by atoms with Gasteiger partial charge >= 0.3 is 5.97 Å². The number of benzene rings is 1. The monoisotopic (exact) mass is 481 g/mol. The summed E-state index contributed by atoms with van der Waals surface area (Å²) in [6.07, 6.45) is 1.10. The summed E-state index contributed by atoms with van der Waals surface area (Å²) < 4.78 is 16.6. The minimum absolute atomic E-state index is 0.00695. The molecule has 0 bridgehead atoms. The van der Waals surface area contributed by atoms with Gasteiger partial charge in [-0.1, -0.05) is 18.2 Å². The summed E-state index contributed by atoms with van der Waals surface area (Å²) in [5.74, 6) is -0.0177. The van der Waals surface area contributed by atoms with Crippen molar-refractivity contribution in [1.29, 1.82) is 0 Å².